The minimum atomic E-state index is -0.818. The van der Waals surface area contributed by atoms with Crippen molar-refractivity contribution in [3.63, 3.8) is 0 Å². The van der Waals surface area contributed by atoms with Gasteiger partial charge < -0.3 is 9.84 Å². The summed E-state index contributed by atoms with van der Waals surface area (Å²) in [7, 11) is 3.04. The largest absolute Gasteiger partial charge is 0.464 e. The number of hydrogen-bond acceptors (Lipinski definition) is 4. The van der Waals surface area contributed by atoms with Gasteiger partial charge in [-0.25, -0.2) is 4.79 Å². The van der Waals surface area contributed by atoms with Gasteiger partial charge in [0.25, 0.3) is 0 Å². The van der Waals surface area contributed by atoms with E-state index in [1.807, 2.05) is 0 Å². The van der Waals surface area contributed by atoms with Crippen molar-refractivity contribution in [2.24, 2.45) is 7.05 Å². The van der Waals surface area contributed by atoms with Gasteiger partial charge in [-0.1, -0.05) is 0 Å². The van der Waals surface area contributed by atoms with Crippen molar-refractivity contribution < 1.29 is 14.6 Å². The van der Waals surface area contributed by atoms with E-state index in [9.17, 15) is 9.90 Å². The van der Waals surface area contributed by atoms with Crippen LogP contribution in [0, 0.1) is 0 Å². The highest BCUT2D eigenvalue weighted by Gasteiger charge is 2.19. The molecule has 0 spiro atoms. The fraction of sp³-hybridized carbons (Fsp3) is 0.600. The van der Waals surface area contributed by atoms with Crippen LogP contribution in [0.2, 0.25) is 0 Å². The van der Waals surface area contributed by atoms with E-state index in [2.05, 4.69) is 9.84 Å². The molecule has 84 valence electrons. The average molecular weight is 212 g/mol. The maximum absolute atomic E-state index is 11.2. The van der Waals surface area contributed by atoms with Crippen molar-refractivity contribution in [1.82, 2.24) is 9.78 Å². The third-order valence-electron chi connectivity index (χ3n) is 1.98. The Morgan fingerprint density at radius 2 is 2.27 bits per heavy atom. The monoisotopic (exact) mass is 212 g/mol. The van der Waals surface area contributed by atoms with Gasteiger partial charge in [0.15, 0.2) is 5.69 Å². The lowest BCUT2D eigenvalue weighted by atomic mass is 10.0. The van der Waals surface area contributed by atoms with Crippen LogP contribution in [0.4, 0.5) is 0 Å². The Kier molecular flexibility index (Phi) is 3.14. The molecule has 0 aliphatic rings. The maximum atomic E-state index is 11.2. The maximum Gasteiger partial charge on any atom is 0.358 e. The number of aryl methyl sites for hydroxylation is 1. The minimum absolute atomic E-state index is 0.263. The van der Waals surface area contributed by atoms with E-state index in [1.165, 1.54) is 7.11 Å². The SMILES string of the molecule is COC(=O)c1cc(CC(C)(C)O)n(C)n1. The topological polar surface area (TPSA) is 64.3 Å². The molecule has 0 unspecified atom stereocenters. The molecule has 1 aromatic rings. The van der Waals surface area contributed by atoms with Crippen molar-refractivity contribution in [1.29, 1.82) is 0 Å². The lowest BCUT2D eigenvalue weighted by Gasteiger charge is -2.16. The van der Waals surface area contributed by atoms with Crippen LogP contribution in [0.25, 0.3) is 0 Å². The highest BCUT2D eigenvalue weighted by atomic mass is 16.5. The summed E-state index contributed by atoms with van der Waals surface area (Å²) >= 11 is 0. The van der Waals surface area contributed by atoms with Crippen LogP contribution in [0.3, 0.4) is 0 Å². The first-order valence-corrected chi connectivity index (χ1v) is 4.67. The molecule has 0 bridgehead atoms. The fourth-order valence-corrected chi connectivity index (χ4v) is 1.32. The first kappa shape index (κ1) is 11.7. The van der Waals surface area contributed by atoms with Gasteiger partial charge in [-0.05, 0) is 19.9 Å². The molecule has 0 atom stereocenters. The van der Waals surface area contributed by atoms with E-state index in [-0.39, 0.29) is 5.69 Å². The molecule has 15 heavy (non-hydrogen) atoms. The molecule has 0 amide bonds. The van der Waals surface area contributed by atoms with Crippen LogP contribution >= 0.6 is 0 Å². The highest BCUT2D eigenvalue weighted by Crippen LogP contribution is 2.13. The average Bonchev–Trinajstić information content (AvgIpc) is 2.44. The summed E-state index contributed by atoms with van der Waals surface area (Å²) < 4.78 is 6.13. The van der Waals surface area contributed by atoms with Crippen molar-refractivity contribution >= 4 is 5.97 Å². The standard InChI is InChI=1S/C10H16N2O3/c1-10(2,14)6-7-5-8(9(13)15-4)11-12(7)3/h5,14H,6H2,1-4H3. The summed E-state index contributed by atoms with van der Waals surface area (Å²) in [6.07, 6.45) is 0.438. The first-order chi connectivity index (χ1) is 6.83. The van der Waals surface area contributed by atoms with E-state index in [0.717, 1.165) is 5.69 Å². The zero-order chi connectivity index (χ0) is 11.6. The molecular formula is C10H16N2O3. The Balaban J connectivity index is 2.92. The van der Waals surface area contributed by atoms with E-state index >= 15 is 0 Å². The second-order valence-corrected chi connectivity index (χ2v) is 4.13. The summed E-state index contributed by atoms with van der Waals surface area (Å²) in [5.74, 6) is -0.465. The number of rotatable bonds is 3. The number of aliphatic hydroxyl groups is 1. The Labute approximate surface area is 88.7 Å². The van der Waals surface area contributed by atoms with Gasteiger partial charge in [-0.3, -0.25) is 4.68 Å². The third kappa shape index (κ3) is 3.06. The smallest absolute Gasteiger partial charge is 0.358 e. The Bertz CT molecular complexity index is 363. The molecule has 0 aliphatic heterocycles. The van der Waals surface area contributed by atoms with Gasteiger partial charge >= 0.3 is 5.97 Å². The minimum Gasteiger partial charge on any atom is -0.464 e. The lowest BCUT2D eigenvalue weighted by molar-refractivity contribution is 0.0592. The number of nitrogens with zero attached hydrogens (tertiary/aromatic N) is 2. The molecule has 0 saturated carbocycles. The van der Waals surface area contributed by atoms with Crippen molar-refractivity contribution in [2.45, 2.75) is 25.9 Å². The quantitative estimate of drug-likeness (QED) is 0.742. The van der Waals surface area contributed by atoms with E-state index in [4.69, 9.17) is 0 Å². The fourth-order valence-electron chi connectivity index (χ4n) is 1.32. The van der Waals surface area contributed by atoms with Gasteiger partial charge in [0.05, 0.1) is 12.7 Å². The van der Waals surface area contributed by atoms with Crippen molar-refractivity contribution in [2.75, 3.05) is 7.11 Å². The number of esters is 1. The predicted octanol–water partition coefficient (Wildman–Crippen LogP) is 0.520. The van der Waals surface area contributed by atoms with Crippen LogP contribution in [0.1, 0.15) is 30.0 Å². The van der Waals surface area contributed by atoms with E-state index in [0.29, 0.717) is 6.42 Å². The molecule has 5 heteroatoms. The third-order valence-corrected chi connectivity index (χ3v) is 1.98. The van der Waals surface area contributed by atoms with Gasteiger partial charge in [0.2, 0.25) is 0 Å². The Morgan fingerprint density at radius 3 is 2.73 bits per heavy atom. The molecule has 1 rings (SSSR count). The molecular weight excluding hydrogens is 196 g/mol. The second kappa shape index (κ2) is 4.02. The van der Waals surface area contributed by atoms with Crippen LogP contribution in [-0.4, -0.2) is 33.6 Å². The summed E-state index contributed by atoms with van der Waals surface area (Å²) in [6, 6.07) is 1.63. The van der Waals surface area contributed by atoms with E-state index in [1.54, 1.807) is 31.6 Å². The second-order valence-electron chi connectivity index (χ2n) is 4.13. The number of ether oxygens (including phenoxy) is 1. The highest BCUT2D eigenvalue weighted by molar-refractivity contribution is 5.87. The Hall–Kier alpha value is -1.36. The molecule has 0 saturated heterocycles. The summed E-state index contributed by atoms with van der Waals surface area (Å²) in [5.41, 5.74) is 0.239. The van der Waals surface area contributed by atoms with Crippen LogP contribution < -0.4 is 0 Å². The lowest BCUT2D eigenvalue weighted by Crippen LogP contribution is -2.23. The molecule has 0 fully saturated rings. The number of methoxy groups -OCH3 is 1. The molecule has 0 radical (unpaired) electrons. The van der Waals surface area contributed by atoms with Crippen LogP contribution in [0.5, 0.6) is 0 Å². The van der Waals surface area contributed by atoms with Gasteiger partial charge in [0, 0.05) is 19.2 Å². The van der Waals surface area contributed by atoms with Gasteiger partial charge in [-0.2, -0.15) is 5.10 Å². The van der Waals surface area contributed by atoms with Gasteiger partial charge in [-0.15, -0.1) is 0 Å². The molecule has 1 heterocycles. The number of carbonyl (C=O) groups excluding carboxylic acids is 1. The van der Waals surface area contributed by atoms with Crippen molar-refractivity contribution in [3.05, 3.63) is 17.5 Å². The van der Waals surface area contributed by atoms with Crippen LogP contribution in [-0.2, 0) is 18.2 Å². The summed E-state index contributed by atoms with van der Waals surface area (Å²) in [5, 5.41) is 13.6. The molecule has 1 aromatic heterocycles. The number of carbonyl (C=O) groups is 1. The van der Waals surface area contributed by atoms with Gasteiger partial charge in [0.1, 0.15) is 0 Å². The first-order valence-electron chi connectivity index (χ1n) is 4.67. The number of hydrogen-bond donors (Lipinski definition) is 1. The molecule has 0 aliphatic carbocycles. The van der Waals surface area contributed by atoms with Crippen LogP contribution in [0.15, 0.2) is 6.07 Å². The Morgan fingerprint density at radius 1 is 1.67 bits per heavy atom. The zero-order valence-corrected chi connectivity index (χ0v) is 9.44. The summed E-state index contributed by atoms with van der Waals surface area (Å²) in [4.78, 5) is 11.2. The number of aromatic nitrogens is 2. The molecule has 0 aromatic carbocycles. The van der Waals surface area contributed by atoms with Crippen molar-refractivity contribution in [3.8, 4) is 0 Å². The molecule has 5 nitrogen and oxygen atoms in total. The zero-order valence-electron chi connectivity index (χ0n) is 9.44. The summed E-state index contributed by atoms with van der Waals surface area (Å²) in [6.45, 7) is 3.41. The predicted molar refractivity (Wildman–Crippen MR) is 54.5 cm³/mol. The van der Waals surface area contributed by atoms with E-state index < -0.39 is 11.6 Å². The molecule has 1 N–H and O–H groups in total. The normalized spacial score (nSPS) is 11.5.